The van der Waals surface area contributed by atoms with Crippen LogP contribution in [0.15, 0.2) is 83.7 Å². The number of hydrogen-bond donors (Lipinski definition) is 2. The van der Waals surface area contributed by atoms with Gasteiger partial charge in [0.25, 0.3) is 5.91 Å². The Hall–Kier alpha value is -4.85. The van der Waals surface area contributed by atoms with Crippen LogP contribution in [-0.4, -0.2) is 31.0 Å². The van der Waals surface area contributed by atoms with Gasteiger partial charge in [-0.25, -0.2) is 0 Å². The quantitative estimate of drug-likeness (QED) is 0.297. The zero-order valence-corrected chi connectivity index (χ0v) is 23.1. The Morgan fingerprint density at radius 3 is 2.38 bits per heavy atom. The van der Waals surface area contributed by atoms with Crippen molar-refractivity contribution in [2.45, 2.75) is 27.2 Å². The van der Waals surface area contributed by atoms with Gasteiger partial charge in [-0.2, -0.15) is 0 Å². The second kappa shape index (κ2) is 10.4. The van der Waals surface area contributed by atoms with E-state index in [1.54, 1.807) is 38.6 Å². The second-order valence-corrected chi connectivity index (χ2v) is 10.6. The molecule has 5 rings (SSSR count). The number of carbonyl (C=O) groups excluding carboxylic acids is 2. The van der Waals surface area contributed by atoms with Gasteiger partial charge in [0.05, 0.1) is 25.4 Å². The minimum atomic E-state index is -0.537. The van der Waals surface area contributed by atoms with Crippen molar-refractivity contribution in [1.29, 1.82) is 0 Å². The van der Waals surface area contributed by atoms with Crippen molar-refractivity contribution >= 4 is 33.5 Å². The van der Waals surface area contributed by atoms with Crippen LogP contribution in [0.3, 0.4) is 0 Å². The lowest BCUT2D eigenvalue weighted by atomic mass is 9.85. The molecule has 40 heavy (non-hydrogen) atoms. The summed E-state index contributed by atoms with van der Waals surface area (Å²) >= 11 is 0. The number of fused-ring (bicyclic) bond motifs is 2. The number of nitrogens with two attached hydrogens (primary N) is 1. The summed E-state index contributed by atoms with van der Waals surface area (Å²) in [5, 5.41) is 5.26. The Morgan fingerprint density at radius 2 is 1.68 bits per heavy atom. The highest BCUT2D eigenvalue weighted by molar-refractivity contribution is 6.08. The first-order valence-electron chi connectivity index (χ1n) is 12.9. The van der Waals surface area contributed by atoms with Crippen LogP contribution < -0.4 is 25.3 Å². The fourth-order valence-corrected chi connectivity index (χ4v) is 4.79. The molecule has 0 aliphatic heterocycles. The van der Waals surface area contributed by atoms with Crippen molar-refractivity contribution in [2.75, 3.05) is 14.2 Å². The Balaban J connectivity index is 1.45. The zero-order valence-electron chi connectivity index (χ0n) is 23.1. The highest BCUT2D eigenvalue weighted by atomic mass is 16.5. The molecule has 3 aromatic carbocycles. The van der Waals surface area contributed by atoms with E-state index < -0.39 is 5.91 Å². The van der Waals surface area contributed by atoms with E-state index in [4.69, 9.17) is 19.9 Å². The van der Waals surface area contributed by atoms with E-state index in [0.29, 0.717) is 51.8 Å². The molecule has 2 amide bonds. The maximum Gasteiger partial charge on any atom is 0.256 e. The Bertz CT molecular complexity index is 1730. The number of aromatic nitrogens is 1. The van der Waals surface area contributed by atoms with Crippen LogP contribution in [0.4, 0.5) is 0 Å². The molecule has 1 heterocycles. The molecule has 0 bridgehead atoms. The molecule has 0 atom stereocenters. The number of pyridine rings is 1. The first kappa shape index (κ1) is 26.7. The fourth-order valence-electron chi connectivity index (χ4n) is 4.79. The second-order valence-electron chi connectivity index (χ2n) is 10.6. The largest absolute Gasteiger partial charge is 0.493 e. The number of methoxy groups -OCH3 is 2. The number of rotatable bonds is 7. The molecule has 0 spiro atoms. The number of carbonyl (C=O) groups is 2. The van der Waals surface area contributed by atoms with E-state index in [1.807, 2.05) is 42.5 Å². The Labute approximate surface area is 232 Å². The SMILES string of the molecule is COc1cc2nccc(Oc3ccc4c(C(=O)NC5=C(C(N)=O)CC(C(C)(C)C)=C5)cccc4c3)c2cc1OC. The molecular weight excluding hydrogens is 506 g/mol. The molecule has 4 aromatic rings. The number of nitrogens with zero attached hydrogens (tertiary/aromatic N) is 1. The number of amides is 2. The van der Waals surface area contributed by atoms with Gasteiger partial charge in [0.15, 0.2) is 11.5 Å². The van der Waals surface area contributed by atoms with Gasteiger partial charge in [-0.15, -0.1) is 0 Å². The molecule has 3 N–H and O–H groups in total. The first-order valence-corrected chi connectivity index (χ1v) is 12.9. The molecule has 0 saturated carbocycles. The number of nitrogens with one attached hydrogen (secondary N) is 1. The Kier molecular flexibility index (Phi) is 6.94. The number of hydrogen-bond acceptors (Lipinski definition) is 6. The van der Waals surface area contributed by atoms with Gasteiger partial charge < -0.3 is 25.3 Å². The van der Waals surface area contributed by atoms with Crippen molar-refractivity contribution in [3.63, 3.8) is 0 Å². The standard InChI is InChI=1S/C32H31N3O5/c1-32(2,3)19-14-24(30(33)36)26(15-19)35-31(37)22-8-6-7-18-13-20(9-10-21(18)22)40-27-11-12-34-25-17-29(39-5)28(38-4)16-23(25)27/h6-13,15-17H,14H2,1-5H3,(H2,33,36)(H,35,37). The molecule has 8 nitrogen and oxygen atoms in total. The van der Waals surface area contributed by atoms with Crippen LogP contribution in [0, 0.1) is 5.41 Å². The molecule has 0 radical (unpaired) electrons. The minimum Gasteiger partial charge on any atom is -0.493 e. The maximum atomic E-state index is 13.4. The normalized spacial score (nSPS) is 13.4. The van der Waals surface area contributed by atoms with Crippen LogP contribution in [0.1, 0.15) is 37.6 Å². The number of allylic oxidation sites excluding steroid dienone is 2. The highest BCUT2D eigenvalue weighted by Gasteiger charge is 2.28. The average molecular weight is 538 g/mol. The van der Waals surface area contributed by atoms with Gasteiger partial charge in [0, 0.05) is 35.2 Å². The molecule has 1 aliphatic carbocycles. The lowest BCUT2D eigenvalue weighted by Gasteiger charge is -2.20. The molecule has 0 saturated heterocycles. The summed E-state index contributed by atoms with van der Waals surface area (Å²) in [6.07, 6.45) is 3.95. The van der Waals surface area contributed by atoms with Gasteiger partial charge in [-0.05, 0) is 58.7 Å². The third-order valence-electron chi connectivity index (χ3n) is 7.05. The van der Waals surface area contributed by atoms with Crippen molar-refractivity contribution in [1.82, 2.24) is 10.3 Å². The van der Waals surface area contributed by atoms with E-state index in [0.717, 1.165) is 21.7 Å². The van der Waals surface area contributed by atoms with Gasteiger partial charge in [0.1, 0.15) is 11.5 Å². The van der Waals surface area contributed by atoms with Crippen molar-refractivity contribution in [3.8, 4) is 23.0 Å². The van der Waals surface area contributed by atoms with Crippen LogP contribution in [-0.2, 0) is 4.79 Å². The summed E-state index contributed by atoms with van der Waals surface area (Å²) in [6.45, 7) is 6.19. The molecule has 8 heteroatoms. The fraction of sp³-hybridized carbons (Fsp3) is 0.219. The Morgan fingerprint density at radius 1 is 0.925 bits per heavy atom. The van der Waals surface area contributed by atoms with Gasteiger partial charge in [0.2, 0.25) is 5.91 Å². The average Bonchev–Trinajstić information content (AvgIpc) is 3.37. The van der Waals surface area contributed by atoms with Gasteiger partial charge in [-0.3, -0.25) is 14.6 Å². The zero-order chi connectivity index (χ0) is 28.6. The first-order chi connectivity index (χ1) is 19.1. The van der Waals surface area contributed by atoms with E-state index in [-0.39, 0.29) is 11.3 Å². The molecular formula is C32H31N3O5. The summed E-state index contributed by atoms with van der Waals surface area (Å²) in [4.78, 5) is 29.9. The monoisotopic (exact) mass is 537 g/mol. The van der Waals surface area contributed by atoms with Crippen molar-refractivity contribution in [3.05, 3.63) is 89.3 Å². The predicted octanol–water partition coefficient (Wildman–Crippen LogP) is 6.04. The minimum absolute atomic E-state index is 0.152. The van der Waals surface area contributed by atoms with Crippen LogP contribution >= 0.6 is 0 Å². The maximum absolute atomic E-state index is 13.4. The van der Waals surface area contributed by atoms with E-state index in [1.165, 1.54) is 0 Å². The van der Waals surface area contributed by atoms with Crippen molar-refractivity contribution < 1.29 is 23.8 Å². The summed E-state index contributed by atoms with van der Waals surface area (Å²) in [6, 6.07) is 16.4. The van der Waals surface area contributed by atoms with Gasteiger partial charge >= 0.3 is 0 Å². The lowest BCUT2D eigenvalue weighted by molar-refractivity contribution is -0.114. The lowest BCUT2D eigenvalue weighted by Crippen LogP contribution is -2.25. The summed E-state index contributed by atoms with van der Waals surface area (Å²) < 4.78 is 17.1. The summed E-state index contributed by atoms with van der Waals surface area (Å²) in [7, 11) is 3.16. The molecule has 0 fully saturated rings. The molecule has 0 unspecified atom stereocenters. The summed E-state index contributed by atoms with van der Waals surface area (Å²) in [5.41, 5.74) is 8.56. The van der Waals surface area contributed by atoms with E-state index >= 15 is 0 Å². The number of primary amides is 1. The molecule has 1 aromatic heterocycles. The topological polar surface area (TPSA) is 113 Å². The third kappa shape index (κ3) is 5.08. The van der Waals surface area contributed by atoms with Gasteiger partial charge in [-0.1, -0.05) is 38.5 Å². The number of benzene rings is 3. The van der Waals surface area contributed by atoms with Crippen molar-refractivity contribution in [2.24, 2.45) is 11.1 Å². The summed E-state index contributed by atoms with van der Waals surface area (Å²) in [5.74, 6) is 1.50. The molecule has 1 aliphatic rings. The molecule has 204 valence electrons. The van der Waals surface area contributed by atoms with E-state index in [9.17, 15) is 9.59 Å². The third-order valence-corrected chi connectivity index (χ3v) is 7.05. The highest BCUT2D eigenvalue weighted by Crippen LogP contribution is 2.38. The predicted molar refractivity (Wildman–Crippen MR) is 155 cm³/mol. The number of ether oxygens (including phenoxy) is 3. The van der Waals surface area contributed by atoms with Crippen LogP contribution in [0.5, 0.6) is 23.0 Å². The van der Waals surface area contributed by atoms with Crippen LogP contribution in [0.25, 0.3) is 21.7 Å². The smallest absolute Gasteiger partial charge is 0.256 e. The van der Waals surface area contributed by atoms with Crippen LogP contribution in [0.2, 0.25) is 0 Å². The van der Waals surface area contributed by atoms with E-state index in [2.05, 4.69) is 31.1 Å².